The van der Waals surface area contributed by atoms with Gasteiger partial charge in [-0.2, -0.15) is 0 Å². The molecule has 0 saturated carbocycles. The highest BCUT2D eigenvalue weighted by Crippen LogP contribution is 2.05. The normalized spacial score (nSPS) is 15.9. The Morgan fingerprint density at radius 2 is 1.85 bits per heavy atom. The summed E-state index contributed by atoms with van der Waals surface area (Å²) >= 11 is 0. The van der Waals surface area contributed by atoms with E-state index in [1.54, 1.807) is 4.90 Å². The van der Waals surface area contributed by atoms with Crippen LogP contribution >= 0.6 is 0 Å². The molecule has 2 N–H and O–H groups in total. The van der Waals surface area contributed by atoms with E-state index in [9.17, 15) is 9.59 Å². The highest BCUT2D eigenvalue weighted by Gasteiger charge is 2.15. The van der Waals surface area contributed by atoms with Gasteiger partial charge in [-0.15, -0.1) is 0 Å². The number of hydrogen-bond acceptors (Lipinski definition) is 4. The third-order valence-corrected chi connectivity index (χ3v) is 3.50. The van der Waals surface area contributed by atoms with Crippen molar-refractivity contribution in [2.75, 3.05) is 39.4 Å². The third kappa shape index (κ3) is 6.34. The first-order valence-corrected chi connectivity index (χ1v) is 7.53. The standard InChI is InChI=1S/C14H27N3O3/c1-3-17(4-2)14(19)5-8-15-11-13(18)16-12-6-9-20-10-7-12/h12,15H,3-11H2,1-2H3,(H,16,18). The minimum absolute atomic E-state index is 0.00723. The summed E-state index contributed by atoms with van der Waals surface area (Å²) in [6.07, 6.45) is 2.20. The molecule has 20 heavy (non-hydrogen) atoms. The molecule has 1 rings (SSSR count). The van der Waals surface area contributed by atoms with E-state index in [1.807, 2.05) is 13.8 Å². The van der Waals surface area contributed by atoms with Crippen LogP contribution in [-0.2, 0) is 14.3 Å². The van der Waals surface area contributed by atoms with Gasteiger partial charge < -0.3 is 20.3 Å². The molecule has 0 spiro atoms. The first-order chi connectivity index (χ1) is 9.67. The number of nitrogens with zero attached hydrogens (tertiary/aromatic N) is 1. The van der Waals surface area contributed by atoms with Gasteiger partial charge in [0.15, 0.2) is 0 Å². The van der Waals surface area contributed by atoms with Crippen molar-refractivity contribution >= 4 is 11.8 Å². The maximum Gasteiger partial charge on any atom is 0.234 e. The van der Waals surface area contributed by atoms with Crippen molar-refractivity contribution in [2.24, 2.45) is 0 Å². The Morgan fingerprint density at radius 1 is 1.20 bits per heavy atom. The van der Waals surface area contributed by atoms with E-state index in [4.69, 9.17) is 4.74 Å². The second kappa shape index (κ2) is 9.72. The van der Waals surface area contributed by atoms with Crippen molar-refractivity contribution < 1.29 is 14.3 Å². The minimum atomic E-state index is -0.00723. The van der Waals surface area contributed by atoms with Crippen LogP contribution in [0.2, 0.25) is 0 Å². The van der Waals surface area contributed by atoms with Crippen molar-refractivity contribution in [1.29, 1.82) is 0 Å². The van der Waals surface area contributed by atoms with Crippen molar-refractivity contribution in [3.63, 3.8) is 0 Å². The maximum atomic E-state index is 11.7. The summed E-state index contributed by atoms with van der Waals surface area (Å²) in [5.74, 6) is 0.125. The number of ether oxygens (including phenoxy) is 1. The van der Waals surface area contributed by atoms with E-state index in [0.717, 1.165) is 39.1 Å². The molecule has 0 bridgehead atoms. The third-order valence-electron chi connectivity index (χ3n) is 3.50. The Hall–Kier alpha value is -1.14. The predicted molar refractivity (Wildman–Crippen MR) is 77.4 cm³/mol. The molecule has 6 heteroatoms. The lowest BCUT2D eigenvalue weighted by molar-refractivity contribution is -0.131. The first-order valence-electron chi connectivity index (χ1n) is 7.53. The quantitative estimate of drug-likeness (QED) is 0.622. The zero-order chi connectivity index (χ0) is 14.8. The van der Waals surface area contributed by atoms with E-state index >= 15 is 0 Å². The molecule has 6 nitrogen and oxygen atoms in total. The van der Waals surface area contributed by atoms with Gasteiger partial charge in [0, 0.05) is 45.3 Å². The average Bonchev–Trinajstić information content (AvgIpc) is 2.46. The minimum Gasteiger partial charge on any atom is -0.381 e. The molecular weight excluding hydrogens is 258 g/mol. The number of hydrogen-bond donors (Lipinski definition) is 2. The topological polar surface area (TPSA) is 70.7 Å². The van der Waals surface area contributed by atoms with Crippen LogP contribution in [0.4, 0.5) is 0 Å². The van der Waals surface area contributed by atoms with Gasteiger partial charge in [-0.25, -0.2) is 0 Å². The SMILES string of the molecule is CCN(CC)C(=O)CCNCC(=O)NC1CCOCC1. The van der Waals surface area contributed by atoms with Crippen LogP contribution in [0.3, 0.4) is 0 Å². The van der Waals surface area contributed by atoms with Crippen LogP contribution < -0.4 is 10.6 Å². The molecule has 0 aliphatic carbocycles. The molecule has 0 atom stereocenters. The van der Waals surface area contributed by atoms with Gasteiger partial charge in [-0.3, -0.25) is 9.59 Å². The Morgan fingerprint density at radius 3 is 2.45 bits per heavy atom. The largest absolute Gasteiger partial charge is 0.381 e. The first kappa shape index (κ1) is 16.9. The lowest BCUT2D eigenvalue weighted by atomic mass is 10.1. The van der Waals surface area contributed by atoms with Gasteiger partial charge in [0.1, 0.15) is 0 Å². The molecule has 1 fully saturated rings. The zero-order valence-electron chi connectivity index (χ0n) is 12.6. The summed E-state index contributed by atoms with van der Waals surface area (Å²) < 4.78 is 5.24. The van der Waals surface area contributed by atoms with Crippen LogP contribution in [0.5, 0.6) is 0 Å². The van der Waals surface area contributed by atoms with Gasteiger partial charge in [-0.1, -0.05) is 0 Å². The second-order valence-corrected chi connectivity index (χ2v) is 4.95. The monoisotopic (exact) mass is 285 g/mol. The Kier molecular flexibility index (Phi) is 8.22. The van der Waals surface area contributed by atoms with E-state index in [2.05, 4.69) is 10.6 Å². The fraction of sp³-hybridized carbons (Fsp3) is 0.857. The molecule has 0 aromatic heterocycles. The summed E-state index contributed by atoms with van der Waals surface area (Å²) in [5, 5.41) is 5.99. The molecular formula is C14H27N3O3. The number of carbonyl (C=O) groups excluding carboxylic acids is 2. The fourth-order valence-electron chi connectivity index (χ4n) is 2.25. The summed E-state index contributed by atoms with van der Waals surface area (Å²) in [7, 11) is 0. The molecule has 0 aromatic carbocycles. The van der Waals surface area contributed by atoms with Crippen LogP contribution in [0.15, 0.2) is 0 Å². The Labute approximate surface area is 121 Å². The lowest BCUT2D eigenvalue weighted by Gasteiger charge is -2.23. The summed E-state index contributed by atoms with van der Waals surface area (Å²) in [4.78, 5) is 25.2. The van der Waals surface area contributed by atoms with Gasteiger partial charge in [0.05, 0.1) is 6.54 Å². The zero-order valence-corrected chi connectivity index (χ0v) is 12.6. The Balaban J connectivity index is 2.08. The maximum absolute atomic E-state index is 11.7. The molecule has 0 aromatic rings. The average molecular weight is 285 g/mol. The van der Waals surface area contributed by atoms with Crippen LogP contribution in [-0.4, -0.2) is 62.1 Å². The van der Waals surface area contributed by atoms with E-state index in [1.165, 1.54) is 0 Å². The van der Waals surface area contributed by atoms with Crippen LogP contribution in [0.25, 0.3) is 0 Å². The lowest BCUT2D eigenvalue weighted by Crippen LogP contribution is -2.43. The number of amides is 2. The van der Waals surface area contributed by atoms with Crippen molar-refractivity contribution in [3.05, 3.63) is 0 Å². The van der Waals surface area contributed by atoms with E-state index < -0.39 is 0 Å². The Bertz CT molecular complexity index is 300. The molecule has 0 unspecified atom stereocenters. The van der Waals surface area contributed by atoms with Crippen molar-refractivity contribution in [1.82, 2.24) is 15.5 Å². The van der Waals surface area contributed by atoms with Gasteiger partial charge in [-0.05, 0) is 26.7 Å². The van der Waals surface area contributed by atoms with E-state index in [0.29, 0.717) is 13.0 Å². The van der Waals surface area contributed by atoms with Crippen molar-refractivity contribution in [2.45, 2.75) is 39.2 Å². The molecule has 0 radical (unpaired) electrons. The van der Waals surface area contributed by atoms with Gasteiger partial charge in [0.2, 0.25) is 11.8 Å². The number of rotatable bonds is 8. The summed E-state index contributed by atoms with van der Waals surface area (Å²) in [6.45, 7) is 7.65. The fourth-order valence-corrected chi connectivity index (χ4v) is 2.25. The number of nitrogens with one attached hydrogen (secondary N) is 2. The predicted octanol–water partition coefficient (Wildman–Crippen LogP) is 0.130. The van der Waals surface area contributed by atoms with Crippen LogP contribution in [0.1, 0.15) is 33.1 Å². The molecule has 1 heterocycles. The molecule has 1 saturated heterocycles. The molecule has 1 aliphatic heterocycles. The van der Waals surface area contributed by atoms with Gasteiger partial charge >= 0.3 is 0 Å². The number of carbonyl (C=O) groups is 2. The molecule has 2 amide bonds. The molecule has 1 aliphatic rings. The summed E-state index contributed by atoms with van der Waals surface area (Å²) in [6, 6.07) is 0.232. The molecule has 116 valence electrons. The van der Waals surface area contributed by atoms with Gasteiger partial charge in [0.25, 0.3) is 0 Å². The van der Waals surface area contributed by atoms with E-state index in [-0.39, 0.29) is 24.4 Å². The van der Waals surface area contributed by atoms with Crippen LogP contribution in [0, 0.1) is 0 Å². The second-order valence-electron chi connectivity index (χ2n) is 4.95. The summed E-state index contributed by atoms with van der Waals surface area (Å²) in [5.41, 5.74) is 0. The highest BCUT2D eigenvalue weighted by molar-refractivity contribution is 5.78. The smallest absolute Gasteiger partial charge is 0.234 e. The highest BCUT2D eigenvalue weighted by atomic mass is 16.5. The van der Waals surface area contributed by atoms with Crippen molar-refractivity contribution in [3.8, 4) is 0 Å².